The summed E-state index contributed by atoms with van der Waals surface area (Å²) >= 11 is 1.64. The first-order valence-corrected chi connectivity index (χ1v) is 5.64. The fourth-order valence-corrected chi connectivity index (χ4v) is 2.99. The summed E-state index contributed by atoms with van der Waals surface area (Å²) in [5.74, 6) is 0.171. The summed E-state index contributed by atoms with van der Waals surface area (Å²) in [5.41, 5.74) is 0. The zero-order valence-corrected chi connectivity index (χ0v) is 9.56. The van der Waals surface area contributed by atoms with Gasteiger partial charge in [0, 0.05) is 12.9 Å². The topological polar surface area (TPSA) is 58.6 Å². The first kappa shape index (κ1) is 11.8. The Hall–Kier alpha value is -0.260. The number of carbonyl (C=O) groups is 1. The van der Waals surface area contributed by atoms with Crippen molar-refractivity contribution in [2.75, 3.05) is 19.5 Å². The molecule has 0 aliphatic carbocycles. The van der Waals surface area contributed by atoms with Crippen LogP contribution in [0.1, 0.15) is 13.8 Å². The zero-order valence-electron chi connectivity index (χ0n) is 8.74. The number of nitrogens with one attached hydrogen (secondary N) is 1. The summed E-state index contributed by atoms with van der Waals surface area (Å²) in [4.78, 5) is 10.6. The van der Waals surface area contributed by atoms with E-state index in [1.807, 2.05) is 0 Å². The molecule has 2 atom stereocenters. The van der Waals surface area contributed by atoms with Crippen molar-refractivity contribution in [3.63, 3.8) is 0 Å². The summed E-state index contributed by atoms with van der Waals surface area (Å²) in [5, 5.41) is 12.0. The predicted octanol–water partition coefficient (Wildman–Crippen LogP) is 0.775. The van der Waals surface area contributed by atoms with Crippen LogP contribution < -0.4 is 5.32 Å². The molecule has 0 bridgehead atoms. The van der Waals surface area contributed by atoms with Gasteiger partial charge in [0.25, 0.3) is 0 Å². The lowest BCUT2D eigenvalue weighted by Crippen LogP contribution is -2.51. The van der Waals surface area contributed by atoms with Crippen LogP contribution >= 0.6 is 11.8 Å². The number of hydrogen-bond acceptors (Lipinski definition) is 4. The lowest BCUT2D eigenvalue weighted by molar-refractivity contribution is -0.139. The monoisotopic (exact) mass is 219 g/mol. The van der Waals surface area contributed by atoms with E-state index in [4.69, 9.17) is 9.84 Å². The first-order chi connectivity index (χ1) is 6.52. The van der Waals surface area contributed by atoms with Crippen molar-refractivity contribution >= 4 is 17.7 Å². The second-order valence-corrected chi connectivity index (χ2v) is 5.17. The lowest BCUT2D eigenvalue weighted by Gasteiger charge is -2.32. The van der Waals surface area contributed by atoms with E-state index in [0.717, 1.165) is 0 Å². The molecule has 0 spiro atoms. The van der Waals surface area contributed by atoms with Gasteiger partial charge in [0.15, 0.2) is 0 Å². The fourth-order valence-electron chi connectivity index (χ4n) is 1.54. The van der Waals surface area contributed by atoms with E-state index < -0.39 is 12.0 Å². The summed E-state index contributed by atoms with van der Waals surface area (Å²) in [6, 6.07) is -0.447. The zero-order chi connectivity index (χ0) is 10.8. The van der Waals surface area contributed by atoms with E-state index in [1.54, 1.807) is 18.9 Å². The van der Waals surface area contributed by atoms with Crippen LogP contribution in [0.5, 0.6) is 0 Å². The largest absolute Gasteiger partial charge is 0.480 e. The normalized spacial score (nSPS) is 32.4. The third kappa shape index (κ3) is 2.21. The van der Waals surface area contributed by atoms with Gasteiger partial charge in [0.05, 0.1) is 11.5 Å². The Kier molecular flexibility index (Phi) is 3.80. The van der Waals surface area contributed by atoms with Crippen molar-refractivity contribution in [3.8, 4) is 0 Å². The molecule has 1 aliphatic heterocycles. The Morgan fingerprint density at radius 1 is 1.79 bits per heavy atom. The van der Waals surface area contributed by atoms with Crippen molar-refractivity contribution < 1.29 is 14.6 Å². The van der Waals surface area contributed by atoms with Gasteiger partial charge in [-0.3, -0.25) is 10.1 Å². The van der Waals surface area contributed by atoms with Gasteiger partial charge >= 0.3 is 5.97 Å². The quantitative estimate of drug-likeness (QED) is 0.731. The van der Waals surface area contributed by atoms with E-state index in [-0.39, 0.29) is 4.87 Å². The Bertz CT molecular complexity index is 222. The average molecular weight is 219 g/mol. The summed E-state index contributed by atoms with van der Waals surface area (Å²) < 4.78 is 5.14. The smallest absolute Gasteiger partial charge is 0.321 e. The van der Waals surface area contributed by atoms with Crippen LogP contribution in [0.15, 0.2) is 0 Å². The highest BCUT2D eigenvalue weighted by Gasteiger charge is 2.44. The molecule has 4 nitrogen and oxygen atoms in total. The molecule has 1 unspecified atom stereocenters. The highest BCUT2D eigenvalue weighted by atomic mass is 32.2. The van der Waals surface area contributed by atoms with E-state index >= 15 is 0 Å². The van der Waals surface area contributed by atoms with E-state index in [2.05, 4.69) is 19.2 Å². The number of carboxylic acids is 1. The summed E-state index contributed by atoms with van der Waals surface area (Å²) in [6.45, 7) is 4.69. The van der Waals surface area contributed by atoms with Crippen LogP contribution in [0.25, 0.3) is 0 Å². The van der Waals surface area contributed by atoms with Gasteiger partial charge in [-0.05, 0) is 5.92 Å². The third-order valence-electron chi connectivity index (χ3n) is 2.52. The highest BCUT2D eigenvalue weighted by Crippen LogP contribution is 2.36. The summed E-state index contributed by atoms with van der Waals surface area (Å²) in [7, 11) is 1.64. The van der Waals surface area contributed by atoms with Gasteiger partial charge in [0.1, 0.15) is 6.04 Å². The second kappa shape index (κ2) is 4.51. The van der Waals surface area contributed by atoms with Crippen molar-refractivity contribution in [1.82, 2.24) is 5.32 Å². The molecular weight excluding hydrogens is 202 g/mol. The molecule has 0 radical (unpaired) electrons. The van der Waals surface area contributed by atoms with E-state index in [0.29, 0.717) is 18.3 Å². The van der Waals surface area contributed by atoms with Gasteiger partial charge in [0.2, 0.25) is 0 Å². The molecule has 1 rings (SSSR count). The van der Waals surface area contributed by atoms with Crippen molar-refractivity contribution in [2.24, 2.45) is 5.92 Å². The molecule has 1 saturated heterocycles. The molecule has 1 heterocycles. The molecule has 0 amide bonds. The molecule has 2 N–H and O–H groups in total. The Morgan fingerprint density at radius 3 is 2.79 bits per heavy atom. The number of hydrogen-bond donors (Lipinski definition) is 2. The van der Waals surface area contributed by atoms with Crippen molar-refractivity contribution in [2.45, 2.75) is 24.8 Å². The maximum Gasteiger partial charge on any atom is 0.321 e. The molecule has 5 heteroatoms. The molecule has 0 aromatic heterocycles. The van der Waals surface area contributed by atoms with Gasteiger partial charge in [-0.25, -0.2) is 0 Å². The molecule has 82 valence electrons. The van der Waals surface area contributed by atoms with E-state index in [9.17, 15) is 4.79 Å². The number of methoxy groups -OCH3 is 1. The minimum absolute atomic E-state index is 0.238. The van der Waals surface area contributed by atoms with Crippen molar-refractivity contribution in [1.29, 1.82) is 0 Å². The first-order valence-electron chi connectivity index (χ1n) is 4.65. The van der Waals surface area contributed by atoms with Crippen molar-refractivity contribution in [3.05, 3.63) is 0 Å². The van der Waals surface area contributed by atoms with Gasteiger partial charge in [-0.2, -0.15) is 0 Å². The van der Waals surface area contributed by atoms with Crippen LogP contribution in [0, 0.1) is 5.92 Å². The van der Waals surface area contributed by atoms with Crippen LogP contribution in [-0.4, -0.2) is 41.5 Å². The molecule has 0 saturated carbocycles. The maximum atomic E-state index is 10.8. The fraction of sp³-hybridized carbons (Fsp3) is 0.889. The SMILES string of the molecule is COCC1(C(C)C)N[C@@H](C(=O)O)CS1. The Balaban J connectivity index is 2.69. The van der Waals surface area contributed by atoms with Crippen LogP contribution in [0.2, 0.25) is 0 Å². The molecule has 0 aromatic rings. The molecule has 1 fully saturated rings. The van der Waals surface area contributed by atoms with Gasteiger partial charge in [-0.15, -0.1) is 11.8 Å². The second-order valence-electron chi connectivity index (χ2n) is 3.82. The number of ether oxygens (including phenoxy) is 1. The Labute approximate surface area is 88.4 Å². The highest BCUT2D eigenvalue weighted by molar-refractivity contribution is 8.01. The number of aliphatic carboxylic acids is 1. The van der Waals surface area contributed by atoms with Gasteiger partial charge < -0.3 is 9.84 Å². The molecule has 1 aliphatic rings. The number of rotatable bonds is 4. The average Bonchev–Trinajstić information content (AvgIpc) is 2.50. The minimum atomic E-state index is -0.781. The number of carboxylic acid groups (broad SMARTS) is 1. The maximum absolute atomic E-state index is 10.8. The number of thioether (sulfide) groups is 1. The lowest BCUT2D eigenvalue weighted by atomic mass is 10.0. The summed E-state index contributed by atoms with van der Waals surface area (Å²) in [6.07, 6.45) is 0. The van der Waals surface area contributed by atoms with Gasteiger partial charge in [-0.1, -0.05) is 13.8 Å². The van der Waals surface area contributed by atoms with Crippen LogP contribution in [0.4, 0.5) is 0 Å². The minimum Gasteiger partial charge on any atom is -0.480 e. The predicted molar refractivity (Wildman–Crippen MR) is 56.5 cm³/mol. The molecular formula is C9H17NO3S. The third-order valence-corrected chi connectivity index (χ3v) is 4.24. The van der Waals surface area contributed by atoms with E-state index in [1.165, 1.54) is 0 Å². The molecule has 14 heavy (non-hydrogen) atoms. The van der Waals surface area contributed by atoms with Crippen LogP contribution in [0.3, 0.4) is 0 Å². The standard InChI is InChI=1S/C9H17NO3S/c1-6(2)9(5-13-3)10-7(4-14-9)8(11)12/h6-7,10H,4-5H2,1-3H3,(H,11,12)/t7-,9?/m1/s1. The molecule has 0 aromatic carbocycles. The Morgan fingerprint density at radius 2 is 2.43 bits per heavy atom. The van der Waals surface area contributed by atoms with Crippen LogP contribution in [-0.2, 0) is 9.53 Å².